The van der Waals surface area contributed by atoms with Crippen LogP contribution in [0.2, 0.25) is 0 Å². The Bertz CT molecular complexity index is 881. The number of benzene rings is 1. The summed E-state index contributed by atoms with van der Waals surface area (Å²) in [7, 11) is 0. The molecule has 0 saturated heterocycles. The van der Waals surface area contributed by atoms with E-state index >= 15 is 0 Å². The maximum atomic E-state index is 5.84. The van der Waals surface area contributed by atoms with Crippen molar-refractivity contribution >= 4 is 16.8 Å². The van der Waals surface area contributed by atoms with Crippen molar-refractivity contribution in [1.29, 1.82) is 0 Å². The Balaban J connectivity index is 1.81. The second-order valence-corrected chi connectivity index (χ2v) is 8.52. The van der Waals surface area contributed by atoms with Crippen molar-refractivity contribution in [3.05, 3.63) is 35.8 Å². The van der Waals surface area contributed by atoms with Crippen LogP contribution in [0.5, 0.6) is 0 Å². The monoisotopic (exact) mass is 342 g/mol. The van der Waals surface area contributed by atoms with E-state index in [-0.39, 0.29) is 16.9 Å². The van der Waals surface area contributed by atoms with Gasteiger partial charge in [0, 0.05) is 16.5 Å². The Morgan fingerprint density at radius 2 is 1.72 bits per heavy atom. The molecule has 2 aromatic heterocycles. The summed E-state index contributed by atoms with van der Waals surface area (Å²) in [6, 6.07) is 5.78. The Labute approximate surface area is 148 Å². The maximum absolute atomic E-state index is 5.84. The van der Waals surface area contributed by atoms with Crippen LogP contribution in [-0.4, -0.2) is 15.1 Å². The van der Waals surface area contributed by atoms with Gasteiger partial charge in [-0.3, -0.25) is 0 Å². The molecule has 3 rings (SSSR count). The smallest absolute Gasteiger partial charge is 0.248 e. The predicted molar refractivity (Wildman–Crippen MR) is 97.7 cm³/mol. The molecule has 0 aliphatic heterocycles. The zero-order valence-electron chi connectivity index (χ0n) is 16.0. The van der Waals surface area contributed by atoms with Crippen LogP contribution in [0.1, 0.15) is 72.1 Å². The standard InChI is InChI=1S/C19H26N4O2/c1-11(15-22-16(23-25-15)18(2,3)4)20-12-8-9-14-13(10-12)21-17(24-14)19(5,6)7/h8-11,20H,1-7H3/t11-/m0/s1. The van der Waals surface area contributed by atoms with Crippen molar-refractivity contribution in [2.45, 2.75) is 65.3 Å². The molecule has 0 unspecified atom stereocenters. The Morgan fingerprint density at radius 1 is 1.00 bits per heavy atom. The van der Waals surface area contributed by atoms with Gasteiger partial charge in [-0.05, 0) is 25.1 Å². The van der Waals surface area contributed by atoms with E-state index < -0.39 is 0 Å². The Kier molecular flexibility index (Phi) is 4.09. The van der Waals surface area contributed by atoms with Crippen molar-refractivity contribution in [3.8, 4) is 0 Å². The second-order valence-electron chi connectivity index (χ2n) is 8.52. The zero-order chi connectivity index (χ0) is 18.4. The molecule has 3 aromatic rings. The molecule has 0 bridgehead atoms. The molecule has 0 amide bonds. The summed E-state index contributed by atoms with van der Waals surface area (Å²) in [4.78, 5) is 9.10. The molecule has 0 saturated carbocycles. The quantitative estimate of drug-likeness (QED) is 0.723. The van der Waals surface area contributed by atoms with E-state index in [2.05, 4.69) is 62.0 Å². The maximum Gasteiger partial charge on any atom is 0.248 e. The first-order valence-electron chi connectivity index (χ1n) is 8.56. The minimum Gasteiger partial charge on any atom is -0.440 e. The summed E-state index contributed by atoms with van der Waals surface area (Å²) in [5.74, 6) is 2.01. The predicted octanol–water partition coefficient (Wildman–Crippen LogP) is 4.98. The first kappa shape index (κ1) is 17.5. The van der Waals surface area contributed by atoms with Crippen LogP contribution in [0, 0.1) is 0 Å². The fraction of sp³-hybridized carbons (Fsp3) is 0.526. The van der Waals surface area contributed by atoms with Gasteiger partial charge in [-0.2, -0.15) is 4.98 Å². The van der Waals surface area contributed by atoms with E-state index in [0.29, 0.717) is 11.7 Å². The Hall–Kier alpha value is -2.37. The minimum atomic E-state index is -0.134. The van der Waals surface area contributed by atoms with Gasteiger partial charge in [0.05, 0.1) is 0 Å². The summed E-state index contributed by atoms with van der Waals surface area (Å²) in [6.07, 6.45) is 0. The normalized spacial score (nSPS) is 14.0. The second kappa shape index (κ2) is 5.86. The molecule has 6 nitrogen and oxygen atoms in total. The summed E-state index contributed by atoms with van der Waals surface area (Å²) in [5, 5.41) is 7.46. The molecular weight excluding hydrogens is 316 g/mol. The van der Waals surface area contributed by atoms with Gasteiger partial charge in [-0.1, -0.05) is 46.7 Å². The average molecular weight is 342 g/mol. The number of fused-ring (bicyclic) bond motifs is 1. The highest BCUT2D eigenvalue weighted by molar-refractivity contribution is 5.77. The highest BCUT2D eigenvalue weighted by Crippen LogP contribution is 2.29. The van der Waals surface area contributed by atoms with Gasteiger partial charge >= 0.3 is 0 Å². The zero-order valence-corrected chi connectivity index (χ0v) is 16.0. The summed E-state index contributed by atoms with van der Waals surface area (Å²) in [5.41, 5.74) is 2.31. The number of rotatable bonds is 3. The van der Waals surface area contributed by atoms with Crippen LogP contribution < -0.4 is 5.32 Å². The molecule has 1 N–H and O–H groups in total. The molecule has 0 radical (unpaired) electrons. The number of nitrogens with one attached hydrogen (secondary N) is 1. The third kappa shape index (κ3) is 3.67. The number of hydrogen-bond donors (Lipinski definition) is 1. The molecule has 134 valence electrons. The molecule has 0 aliphatic rings. The van der Waals surface area contributed by atoms with E-state index in [0.717, 1.165) is 22.7 Å². The van der Waals surface area contributed by atoms with Gasteiger partial charge in [0.2, 0.25) is 11.8 Å². The number of oxazole rings is 1. The van der Waals surface area contributed by atoms with Gasteiger partial charge in [-0.15, -0.1) is 0 Å². The van der Waals surface area contributed by atoms with Crippen LogP contribution in [0.4, 0.5) is 5.69 Å². The fourth-order valence-corrected chi connectivity index (χ4v) is 2.37. The van der Waals surface area contributed by atoms with Gasteiger partial charge in [0.1, 0.15) is 11.6 Å². The molecule has 0 fully saturated rings. The lowest BCUT2D eigenvalue weighted by atomic mass is 9.96. The van der Waals surface area contributed by atoms with Gasteiger partial charge in [0.25, 0.3) is 0 Å². The molecular formula is C19H26N4O2. The van der Waals surface area contributed by atoms with E-state index in [1.165, 1.54) is 0 Å². The lowest BCUT2D eigenvalue weighted by molar-refractivity contribution is 0.354. The molecule has 1 aromatic carbocycles. The number of anilines is 1. The van der Waals surface area contributed by atoms with Crippen molar-refractivity contribution < 1.29 is 8.94 Å². The summed E-state index contributed by atoms with van der Waals surface area (Å²) < 4.78 is 11.2. The van der Waals surface area contributed by atoms with E-state index in [1.807, 2.05) is 25.1 Å². The lowest BCUT2D eigenvalue weighted by Crippen LogP contribution is -2.14. The van der Waals surface area contributed by atoms with Gasteiger partial charge in [-0.25, -0.2) is 4.98 Å². The lowest BCUT2D eigenvalue weighted by Gasteiger charge is -2.12. The van der Waals surface area contributed by atoms with Crippen LogP contribution in [-0.2, 0) is 10.8 Å². The van der Waals surface area contributed by atoms with Crippen molar-refractivity contribution in [2.75, 3.05) is 5.32 Å². The molecule has 25 heavy (non-hydrogen) atoms. The van der Waals surface area contributed by atoms with E-state index in [4.69, 9.17) is 8.94 Å². The highest BCUT2D eigenvalue weighted by atomic mass is 16.5. The molecule has 0 spiro atoms. The van der Waals surface area contributed by atoms with Crippen molar-refractivity contribution in [1.82, 2.24) is 15.1 Å². The third-order valence-electron chi connectivity index (χ3n) is 3.90. The number of nitrogens with zero attached hydrogens (tertiary/aromatic N) is 3. The SMILES string of the molecule is C[C@H](Nc1ccc2oc(C(C)(C)C)nc2c1)c1nc(C(C)(C)C)no1. The van der Waals surface area contributed by atoms with Gasteiger partial charge in [0.15, 0.2) is 11.4 Å². The first-order chi connectivity index (χ1) is 11.5. The highest BCUT2D eigenvalue weighted by Gasteiger charge is 2.24. The number of hydrogen-bond acceptors (Lipinski definition) is 6. The van der Waals surface area contributed by atoms with E-state index in [9.17, 15) is 0 Å². The number of aromatic nitrogens is 3. The third-order valence-corrected chi connectivity index (χ3v) is 3.90. The van der Waals surface area contributed by atoms with Crippen LogP contribution >= 0.6 is 0 Å². The average Bonchev–Trinajstić information content (AvgIpc) is 3.12. The van der Waals surface area contributed by atoms with Crippen LogP contribution in [0.3, 0.4) is 0 Å². The molecule has 0 aliphatic carbocycles. The minimum absolute atomic E-state index is 0.102. The fourth-order valence-electron chi connectivity index (χ4n) is 2.37. The Morgan fingerprint density at radius 3 is 2.32 bits per heavy atom. The van der Waals surface area contributed by atoms with E-state index in [1.54, 1.807) is 0 Å². The molecule has 2 heterocycles. The largest absolute Gasteiger partial charge is 0.440 e. The molecule has 6 heteroatoms. The van der Waals surface area contributed by atoms with Crippen LogP contribution in [0.15, 0.2) is 27.1 Å². The summed E-state index contributed by atoms with van der Waals surface area (Å²) >= 11 is 0. The topological polar surface area (TPSA) is 77.0 Å². The van der Waals surface area contributed by atoms with Gasteiger partial charge < -0.3 is 14.3 Å². The van der Waals surface area contributed by atoms with Crippen molar-refractivity contribution in [2.24, 2.45) is 0 Å². The first-order valence-corrected chi connectivity index (χ1v) is 8.56. The van der Waals surface area contributed by atoms with Crippen LogP contribution in [0.25, 0.3) is 11.1 Å². The summed E-state index contributed by atoms with van der Waals surface area (Å²) in [6.45, 7) is 14.4. The van der Waals surface area contributed by atoms with Crippen molar-refractivity contribution in [3.63, 3.8) is 0 Å². The molecule has 1 atom stereocenters.